The summed E-state index contributed by atoms with van der Waals surface area (Å²) in [5, 5.41) is 29.1. The van der Waals surface area contributed by atoms with Crippen LogP contribution in [0.1, 0.15) is 50.7 Å². The summed E-state index contributed by atoms with van der Waals surface area (Å²) in [5.74, 6) is 1.88. The third-order valence-electron chi connectivity index (χ3n) is 6.73. The number of anilines is 1. The first-order chi connectivity index (χ1) is 19.6. The Balaban J connectivity index is 1.32. The Morgan fingerprint density at radius 3 is 2.54 bits per heavy atom. The van der Waals surface area contributed by atoms with E-state index in [1.807, 2.05) is 47.1 Å². The van der Waals surface area contributed by atoms with Crippen LogP contribution in [0.5, 0.6) is 5.75 Å². The average Bonchev–Trinajstić information content (AvgIpc) is 3.58. The van der Waals surface area contributed by atoms with Gasteiger partial charge in [0.15, 0.2) is 5.65 Å². The van der Waals surface area contributed by atoms with Crippen LogP contribution < -0.4 is 10.6 Å². The van der Waals surface area contributed by atoms with Gasteiger partial charge in [0.05, 0.1) is 16.1 Å². The fourth-order valence-corrected chi connectivity index (χ4v) is 5.49. The number of carbonyl (C=O) groups is 1. The van der Waals surface area contributed by atoms with Gasteiger partial charge in [-0.3, -0.25) is 9.72 Å². The number of aromatic nitrogens is 5. The SMILES string of the molecule is CSC(C)(C)c1cc(NC(=O)NCc2ccccc2Sc2ccc3nnc(C(C)C)n3c2)n(-c2ccc(O)cc2)n1. The zero-order chi connectivity index (χ0) is 29.1. The maximum Gasteiger partial charge on any atom is 0.320 e. The number of aromatic hydroxyl groups is 1. The van der Waals surface area contributed by atoms with Crippen molar-refractivity contribution in [2.75, 3.05) is 11.6 Å². The summed E-state index contributed by atoms with van der Waals surface area (Å²) < 4.78 is 3.46. The van der Waals surface area contributed by atoms with Crippen LogP contribution in [0.15, 0.2) is 82.7 Å². The lowest BCUT2D eigenvalue weighted by atomic mass is 10.1. The largest absolute Gasteiger partial charge is 0.508 e. The number of nitrogens with zero attached hydrogens (tertiary/aromatic N) is 5. The number of fused-ring (bicyclic) bond motifs is 1. The molecule has 0 saturated carbocycles. The molecule has 0 bridgehead atoms. The maximum absolute atomic E-state index is 13.1. The third-order valence-corrected chi connectivity index (χ3v) is 9.06. The minimum atomic E-state index is -0.342. The molecule has 0 unspecified atom stereocenters. The predicted molar refractivity (Wildman–Crippen MR) is 165 cm³/mol. The Morgan fingerprint density at radius 2 is 1.80 bits per heavy atom. The van der Waals surface area contributed by atoms with Gasteiger partial charge in [0.25, 0.3) is 0 Å². The predicted octanol–water partition coefficient (Wildman–Crippen LogP) is 6.82. The molecule has 0 aliphatic heterocycles. The summed E-state index contributed by atoms with van der Waals surface area (Å²) in [6.45, 7) is 8.72. The molecule has 2 aromatic carbocycles. The Morgan fingerprint density at radius 1 is 1.05 bits per heavy atom. The molecule has 5 aromatic rings. The minimum Gasteiger partial charge on any atom is -0.508 e. The molecule has 212 valence electrons. The molecule has 0 atom stereocenters. The second-order valence-electron chi connectivity index (χ2n) is 10.4. The van der Waals surface area contributed by atoms with Gasteiger partial charge in [-0.25, -0.2) is 9.48 Å². The molecule has 0 aliphatic carbocycles. The van der Waals surface area contributed by atoms with Crippen LogP contribution in [-0.2, 0) is 11.3 Å². The van der Waals surface area contributed by atoms with Crippen LogP contribution in [0.2, 0.25) is 0 Å². The average molecular weight is 588 g/mol. The van der Waals surface area contributed by atoms with Crippen LogP contribution in [-0.4, -0.2) is 41.8 Å². The molecule has 0 radical (unpaired) electrons. The number of pyridine rings is 1. The number of hydrogen-bond donors (Lipinski definition) is 3. The van der Waals surface area contributed by atoms with Gasteiger partial charge in [-0.1, -0.05) is 43.8 Å². The van der Waals surface area contributed by atoms with Gasteiger partial charge in [0.2, 0.25) is 0 Å². The first-order valence-electron chi connectivity index (χ1n) is 13.2. The van der Waals surface area contributed by atoms with Gasteiger partial charge in [-0.2, -0.15) is 16.9 Å². The van der Waals surface area contributed by atoms with E-state index in [9.17, 15) is 9.90 Å². The molecule has 3 aromatic heterocycles. The molecular formula is C30H33N7O2S2. The first kappa shape index (κ1) is 28.6. The Labute approximate surface area is 247 Å². The molecule has 9 nitrogen and oxygen atoms in total. The second kappa shape index (κ2) is 11.9. The van der Waals surface area contributed by atoms with Gasteiger partial charge in [0, 0.05) is 34.5 Å². The molecule has 3 heterocycles. The zero-order valence-corrected chi connectivity index (χ0v) is 25.3. The van der Waals surface area contributed by atoms with E-state index in [2.05, 4.69) is 60.8 Å². The van der Waals surface area contributed by atoms with Gasteiger partial charge >= 0.3 is 6.03 Å². The highest BCUT2D eigenvalue weighted by molar-refractivity contribution is 7.99. The van der Waals surface area contributed by atoms with E-state index >= 15 is 0 Å². The molecular weight excluding hydrogens is 555 g/mol. The summed E-state index contributed by atoms with van der Waals surface area (Å²) in [7, 11) is 0. The number of amides is 2. The zero-order valence-electron chi connectivity index (χ0n) is 23.6. The fourth-order valence-electron chi connectivity index (χ4n) is 4.22. The monoisotopic (exact) mass is 587 g/mol. The summed E-state index contributed by atoms with van der Waals surface area (Å²) in [5.41, 5.74) is 3.38. The van der Waals surface area contributed by atoms with E-state index < -0.39 is 0 Å². The smallest absolute Gasteiger partial charge is 0.320 e. The van der Waals surface area contributed by atoms with Crippen LogP contribution in [0, 0.1) is 0 Å². The standard InChI is InChI=1S/C30H33N7O2S2/c1-19(2)28-34-33-26-15-14-23(18-36(26)28)41-24-9-7-6-8-20(24)17-31-29(39)32-27-16-25(30(3,4)40-5)35-37(27)21-10-12-22(38)13-11-21/h6-16,18-19,38H,17H2,1-5H3,(H2,31,32,39). The van der Waals surface area contributed by atoms with Crippen molar-refractivity contribution in [1.29, 1.82) is 0 Å². The van der Waals surface area contributed by atoms with E-state index in [1.54, 1.807) is 52.5 Å². The van der Waals surface area contributed by atoms with Crippen LogP contribution >= 0.6 is 23.5 Å². The molecule has 0 spiro atoms. The van der Waals surface area contributed by atoms with Crippen molar-refractivity contribution in [3.05, 3.63) is 90.0 Å². The summed E-state index contributed by atoms with van der Waals surface area (Å²) >= 11 is 3.31. The normalized spacial score (nSPS) is 11.8. The Hall–Kier alpha value is -3.96. The molecule has 3 N–H and O–H groups in total. The highest BCUT2D eigenvalue weighted by atomic mass is 32.2. The molecule has 0 fully saturated rings. The van der Waals surface area contributed by atoms with Crippen molar-refractivity contribution >= 4 is 41.0 Å². The molecule has 5 rings (SSSR count). The van der Waals surface area contributed by atoms with E-state index in [4.69, 9.17) is 5.10 Å². The van der Waals surface area contributed by atoms with Crippen molar-refractivity contribution in [3.8, 4) is 11.4 Å². The van der Waals surface area contributed by atoms with Crippen LogP contribution in [0.4, 0.5) is 10.6 Å². The second-order valence-corrected chi connectivity index (χ2v) is 12.9. The topological polar surface area (TPSA) is 109 Å². The van der Waals surface area contributed by atoms with Crippen molar-refractivity contribution in [2.24, 2.45) is 0 Å². The summed E-state index contributed by atoms with van der Waals surface area (Å²) in [6.07, 6.45) is 4.09. The number of phenols is 1. The van der Waals surface area contributed by atoms with E-state index in [-0.39, 0.29) is 22.4 Å². The highest BCUT2D eigenvalue weighted by Gasteiger charge is 2.25. The van der Waals surface area contributed by atoms with Gasteiger partial charge in [-0.05, 0) is 68.1 Å². The number of carbonyl (C=O) groups excluding carboxylic acids is 1. The lowest BCUT2D eigenvalue weighted by Gasteiger charge is -2.18. The molecule has 0 aliphatic rings. The van der Waals surface area contributed by atoms with E-state index in [0.717, 1.165) is 38.2 Å². The molecule has 2 amide bonds. The quantitative estimate of drug-likeness (QED) is 0.174. The first-order valence-corrected chi connectivity index (χ1v) is 15.3. The highest BCUT2D eigenvalue weighted by Crippen LogP contribution is 2.35. The van der Waals surface area contributed by atoms with Gasteiger partial charge < -0.3 is 10.4 Å². The summed E-state index contributed by atoms with van der Waals surface area (Å²) in [6, 6.07) is 20.3. The lowest BCUT2D eigenvalue weighted by molar-refractivity contribution is 0.251. The van der Waals surface area contributed by atoms with Crippen LogP contribution in [0.3, 0.4) is 0 Å². The van der Waals surface area contributed by atoms with Crippen molar-refractivity contribution in [3.63, 3.8) is 0 Å². The maximum atomic E-state index is 13.1. The van der Waals surface area contributed by atoms with E-state index in [0.29, 0.717) is 12.4 Å². The molecule has 0 saturated heterocycles. The van der Waals surface area contributed by atoms with Crippen molar-refractivity contribution < 1.29 is 9.90 Å². The number of urea groups is 1. The molecule has 11 heteroatoms. The summed E-state index contributed by atoms with van der Waals surface area (Å²) in [4.78, 5) is 15.2. The lowest BCUT2D eigenvalue weighted by Crippen LogP contribution is -2.29. The number of thioether (sulfide) groups is 1. The van der Waals surface area contributed by atoms with Gasteiger partial charge in [-0.15, -0.1) is 10.2 Å². The molecule has 41 heavy (non-hydrogen) atoms. The Bertz CT molecular complexity index is 1680. The minimum absolute atomic E-state index is 0.163. The van der Waals surface area contributed by atoms with E-state index in [1.165, 1.54) is 0 Å². The number of hydrogen-bond acceptors (Lipinski definition) is 7. The number of benzene rings is 2. The van der Waals surface area contributed by atoms with Crippen LogP contribution in [0.25, 0.3) is 11.3 Å². The van der Waals surface area contributed by atoms with Crippen molar-refractivity contribution in [1.82, 2.24) is 29.7 Å². The third kappa shape index (κ3) is 6.36. The fraction of sp³-hybridized carbons (Fsp3) is 0.267. The Kier molecular flexibility index (Phi) is 8.27. The number of rotatable bonds is 9. The number of phenolic OH excluding ortho intramolecular Hbond substituents is 1. The van der Waals surface area contributed by atoms with Gasteiger partial charge in [0.1, 0.15) is 17.4 Å². The number of nitrogens with one attached hydrogen (secondary N) is 2. The van der Waals surface area contributed by atoms with Crippen molar-refractivity contribution in [2.45, 2.75) is 54.7 Å².